The second-order valence-electron chi connectivity index (χ2n) is 18.5. The van der Waals surface area contributed by atoms with Crippen LogP contribution in [0.1, 0.15) is 44.5 Å². The molecule has 0 radical (unpaired) electrons. The fraction of sp³-hybridized carbons (Fsp3) is 0.0312. The number of pyridine rings is 4. The Kier molecular flexibility index (Phi) is 8.10. The molecule has 0 fully saturated rings. The molecule has 6 heteroatoms. The van der Waals surface area contributed by atoms with Gasteiger partial charge in [-0.3, -0.25) is 19.9 Å². The van der Waals surface area contributed by atoms with Crippen molar-refractivity contribution in [1.82, 2.24) is 19.9 Å². The fourth-order valence-corrected chi connectivity index (χ4v) is 12.6. The Labute approximate surface area is 405 Å². The number of nitrogens with zero attached hydrogens (tertiary/aromatic N) is 6. The molecule has 5 heterocycles. The molecule has 70 heavy (non-hydrogen) atoms. The van der Waals surface area contributed by atoms with Gasteiger partial charge in [-0.1, -0.05) is 127 Å². The average molecular weight is 893 g/mol. The Balaban J connectivity index is 1.03. The Morgan fingerprint density at radius 3 is 1.50 bits per heavy atom. The number of aromatic nitrogens is 4. The number of fused-ring (bicyclic) bond motifs is 19. The molecule has 3 aliphatic carbocycles. The molecule has 1 aliphatic heterocycles. The number of hydrogen-bond acceptors (Lipinski definition) is 6. The van der Waals surface area contributed by atoms with Crippen molar-refractivity contribution in [3.8, 4) is 45.0 Å². The van der Waals surface area contributed by atoms with Crippen LogP contribution < -0.4 is 9.80 Å². The van der Waals surface area contributed by atoms with E-state index < -0.39 is 10.8 Å². The summed E-state index contributed by atoms with van der Waals surface area (Å²) in [5.41, 5.74) is 22.6. The molecule has 4 aliphatic rings. The van der Waals surface area contributed by atoms with Crippen LogP contribution in [0.15, 0.2) is 243 Å². The minimum atomic E-state index is -0.800. The molecule has 0 saturated heterocycles. The molecule has 6 nitrogen and oxygen atoms in total. The van der Waals surface area contributed by atoms with Crippen LogP contribution in [0.3, 0.4) is 0 Å². The SMILES string of the molecule is c1ccc(N(c2ccccc2)c2cccc(-c3cnc4c(c3)C3(c5ccccc5N(c5ccccc5)c5cc6c(cc53)-c3ccccc3C63c5cccnc5-c5ncccc53)c3cccnc3-4)c2)cc1. The highest BCUT2D eigenvalue weighted by molar-refractivity contribution is 6.00. The number of rotatable bonds is 5. The smallest absolute Gasteiger partial charge is 0.0937 e. The molecule has 0 N–H and O–H groups in total. The third kappa shape index (κ3) is 5.06. The topological polar surface area (TPSA) is 58.0 Å². The summed E-state index contributed by atoms with van der Waals surface area (Å²) >= 11 is 0. The maximum absolute atomic E-state index is 5.45. The van der Waals surface area contributed by atoms with Gasteiger partial charge in [0.2, 0.25) is 0 Å². The summed E-state index contributed by atoms with van der Waals surface area (Å²) < 4.78 is 0. The lowest BCUT2D eigenvalue weighted by Gasteiger charge is -2.45. The van der Waals surface area contributed by atoms with Crippen molar-refractivity contribution in [2.45, 2.75) is 10.8 Å². The third-order valence-corrected chi connectivity index (χ3v) is 15.2. The monoisotopic (exact) mass is 892 g/mol. The van der Waals surface area contributed by atoms with Crippen LogP contribution in [0.5, 0.6) is 0 Å². The molecule has 2 spiro atoms. The summed E-state index contributed by atoms with van der Waals surface area (Å²) in [4.78, 5) is 25.5. The van der Waals surface area contributed by atoms with Gasteiger partial charge in [0.15, 0.2) is 0 Å². The molecule has 0 bridgehead atoms. The molecule has 4 aromatic heterocycles. The lowest BCUT2D eigenvalue weighted by atomic mass is 9.63. The zero-order valence-electron chi connectivity index (χ0n) is 37.8. The van der Waals surface area contributed by atoms with Crippen LogP contribution in [-0.2, 0) is 10.8 Å². The average Bonchev–Trinajstić information content (AvgIpc) is 4.02. The van der Waals surface area contributed by atoms with Crippen molar-refractivity contribution >= 4 is 34.1 Å². The van der Waals surface area contributed by atoms with E-state index >= 15 is 0 Å². The Morgan fingerprint density at radius 1 is 0.314 bits per heavy atom. The zero-order chi connectivity index (χ0) is 46.0. The highest BCUT2D eigenvalue weighted by atomic mass is 15.2. The first-order valence-corrected chi connectivity index (χ1v) is 23.9. The molecule has 326 valence electrons. The van der Waals surface area contributed by atoms with E-state index in [2.05, 4.69) is 228 Å². The highest BCUT2D eigenvalue weighted by Gasteiger charge is 2.57. The van der Waals surface area contributed by atoms with E-state index in [1.165, 1.54) is 33.4 Å². The van der Waals surface area contributed by atoms with Gasteiger partial charge in [0.1, 0.15) is 0 Å². The second kappa shape index (κ2) is 14.6. The van der Waals surface area contributed by atoms with Gasteiger partial charge >= 0.3 is 0 Å². The largest absolute Gasteiger partial charge is 0.310 e. The minimum Gasteiger partial charge on any atom is -0.310 e. The van der Waals surface area contributed by atoms with Gasteiger partial charge in [0.25, 0.3) is 0 Å². The predicted molar refractivity (Wildman–Crippen MR) is 280 cm³/mol. The molecule has 0 saturated carbocycles. The Hall–Kier alpha value is -9.26. The van der Waals surface area contributed by atoms with Crippen molar-refractivity contribution in [3.63, 3.8) is 0 Å². The second-order valence-corrected chi connectivity index (χ2v) is 18.5. The number of anilines is 6. The van der Waals surface area contributed by atoms with E-state index in [4.69, 9.17) is 19.9 Å². The first-order chi connectivity index (χ1) is 34.7. The van der Waals surface area contributed by atoms with Crippen LogP contribution in [-0.4, -0.2) is 19.9 Å². The summed E-state index contributed by atoms with van der Waals surface area (Å²) in [5.74, 6) is 0. The third-order valence-electron chi connectivity index (χ3n) is 15.2. The Bertz CT molecular complexity index is 3840. The van der Waals surface area contributed by atoms with Crippen molar-refractivity contribution in [3.05, 3.63) is 288 Å². The van der Waals surface area contributed by atoms with E-state index in [0.717, 1.165) is 90.3 Å². The number of para-hydroxylation sites is 4. The molecule has 0 amide bonds. The van der Waals surface area contributed by atoms with Gasteiger partial charge < -0.3 is 9.80 Å². The molecular weight excluding hydrogens is 853 g/mol. The first kappa shape index (κ1) is 38.8. The van der Waals surface area contributed by atoms with Crippen LogP contribution in [0.4, 0.5) is 34.1 Å². The van der Waals surface area contributed by atoms with E-state index in [0.29, 0.717) is 0 Å². The van der Waals surface area contributed by atoms with Gasteiger partial charge in [-0.05, 0) is 147 Å². The predicted octanol–water partition coefficient (Wildman–Crippen LogP) is 14.9. The normalized spacial score (nSPS) is 15.6. The van der Waals surface area contributed by atoms with Crippen LogP contribution >= 0.6 is 0 Å². The zero-order valence-corrected chi connectivity index (χ0v) is 37.8. The van der Waals surface area contributed by atoms with Gasteiger partial charge in [-0.15, -0.1) is 0 Å². The van der Waals surface area contributed by atoms with E-state index in [1.807, 2.05) is 24.8 Å². The molecule has 1 atom stereocenters. The van der Waals surface area contributed by atoms with Gasteiger partial charge in [-0.2, -0.15) is 0 Å². The van der Waals surface area contributed by atoms with Crippen LogP contribution in [0.25, 0.3) is 45.0 Å². The number of benzene rings is 7. The van der Waals surface area contributed by atoms with Crippen LogP contribution in [0, 0.1) is 0 Å². The van der Waals surface area contributed by atoms with Crippen molar-refractivity contribution < 1.29 is 0 Å². The van der Waals surface area contributed by atoms with Crippen LogP contribution in [0.2, 0.25) is 0 Å². The highest BCUT2D eigenvalue weighted by Crippen LogP contribution is 2.68. The molecular formula is C64H40N6. The molecule has 11 aromatic rings. The minimum absolute atomic E-state index is 0.638. The molecule has 7 aromatic carbocycles. The lowest BCUT2D eigenvalue weighted by Crippen LogP contribution is -2.37. The maximum atomic E-state index is 5.45. The molecule has 1 unspecified atom stereocenters. The first-order valence-electron chi connectivity index (χ1n) is 23.9. The summed E-state index contributed by atoms with van der Waals surface area (Å²) in [7, 11) is 0. The van der Waals surface area contributed by atoms with Gasteiger partial charge in [0.05, 0.1) is 45.0 Å². The fourth-order valence-electron chi connectivity index (χ4n) is 12.6. The summed E-state index contributed by atoms with van der Waals surface area (Å²) in [6.45, 7) is 0. The molecule has 15 rings (SSSR count). The lowest BCUT2D eigenvalue weighted by molar-refractivity contribution is 0.744. The number of hydrogen-bond donors (Lipinski definition) is 0. The van der Waals surface area contributed by atoms with E-state index in [9.17, 15) is 0 Å². The standard InChI is InChI=1S/C64H40N6/c1-4-19-43(20-5-1)69(44-21-6-2-7-22-44)46-25-14-18-41(36-46)42-37-56-62(68-40-42)61-53(31-17-35-67-61)64(56)50-28-12-13-32-57(50)70(45-23-8-3-9-24-45)58-39-54-48(38-55(58)64)47-26-10-11-27-49(47)63(54)51-29-15-33-65-59(51)60-52(63)30-16-34-66-60/h1-40H. The summed E-state index contributed by atoms with van der Waals surface area (Å²) in [6, 6.07) is 79.3. The Morgan fingerprint density at radius 2 is 0.843 bits per heavy atom. The van der Waals surface area contributed by atoms with E-state index in [-0.39, 0.29) is 0 Å². The van der Waals surface area contributed by atoms with Gasteiger partial charge in [-0.25, -0.2) is 0 Å². The van der Waals surface area contributed by atoms with Gasteiger partial charge in [0, 0.05) is 58.7 Å². The summed E-state index contributed by atoms with van der Waals surface area (Å²) in [6.07, 6.45) is 7.74. The van der Waals surface area contributed by atoms with Crippen molar-refractivity contribution in [2.24, 2.45) is 0 Å². The van der Waals surface area contributed by atoms with E-state index in [1.54, 1.807) is 0 Å². The summed E-state index contributed by atoms with van der Waals surface area (Å²) in [5, 5.41) is 0. The quantitative estimate of drug-likeness (QED) is 0.172. The van der Waals surface area contributed by atoms with Crippen molar-refractivity contribution in [2.75, 3.05) is 9.80 Å². The maximum Gasteiger partial charge on any atom is 0.0937 e. The van der Waals surface area contributed by atoms with Crippen molar-refractivity contribution in [1.29, 1.82) is 0 Å².